The van der Waals surface area contributed by atoms with E-state index >= 15 is 0 Å². The zero-order chi connectivity index (χ0) is 28.7. The van der Waals surface area contributed by atoms with Gasteiger partial charge in [0.05, 0.1) is 29.8 Å². The van der Waals surface area contributed by atoms with Crippen molar-refractivity contribution in [2.45, 2.75) is 79.7 Å². The molecule has 3 N–H and O–H groups in total. The van der Waals surface area contributed by atoms with Gasteiger partial charge in [0.15, 0.2) is 17.5 Å². The van der Waals surface area contributed by atoms with Gasteiger partial charge in [-0.1, -0.05) is 29.6 Å². The molecular formula is C26H31F3N4O6S. The fourth-order valence-corrected chi connectivity index (χ4v) is 7.19. The first-order valence-electron chi connectivity index (χ1n) is 13.0. The van der Waals surface area contributed by atoms with Gasteiger partial charge >= 0.3 is 0 Å². The molecule has 2 aromatic heterocycles. The topological polar surface area (TPSA) is 136 Å². The molecule has 3 aromatic rings. The van der Waals surface area contributed by atoms with E-state index in [0.29, 0.717) is 18.5 Å². The summed E-state index contributed by atoms with van der Waals surface area (Å²) in [5, 5.41) is 44.9. The maximum Gasteiger partial charge on any atom is 0.212 e. The van der Waals surface area contributed by atoms with Gasteiger partial charge in [0.25, 0.3) is 0 Å². The van der Waals surface area contributed by atoms with Crippen LogP contribution in [0, 0.1) is 24.4 Å². The largest absolute Gasteiger partial charge is 0.391 e. The molecule has 2 fully saturated rings. The zero-order valence-corrected chi connectivity index (χ0v) is 22.8. The van der Waals surface area contributed by atoms with E-state index in [1.54, 1.807) is 0 Å². The van der Waals surface area contributed by atoms with Crippen molar-refractivity contribution in [3.63, 3.8) is 0 Å². The number of hydrogen-bond acceptors (Lipinski definition) is 10. The summed E-state index contributed by atoms with van der Waals surface area (Å²) in [4.78, 5) is 0. The van der Waals surface area contributed by atoms with E-state index in [1.165, 1.54) is 31.3 Å². The zero-order valence-electron chi connectivity index (χ0n) is 22.0. The van der Waals surface area contributed by atoms with Gasteiger partial charge in [0, 0.05) is 24.7 Å². The van der Waals surface area contributed by atoms with Gasteiger partial charge in [-0.25, -0.2) is 17.9 Å². The van der Waals surface area contributed by atoms with Crippen molar-refractivity contribution in [2.24, 2.45) is 0 Å². The summed E-state index contributed by atoms with van der Waals surface area (Å²) in [5.41, 5.74) is -2.60. The summed E-state index contributed by atoms with van der Waals surface area (Å²) in [6, 6.07) is 1.54. The summed E-state index contributed by atoms with van der Waals surface area (Å²) < 4.78 is 59.5. The van der Waals surface area contributed by atoms with E-state index in [4.69, 9.17) is 14.0 Å². The van der Waals surface area contributed by atoms with Gasteiger partial charge < -0.3 is 29.3 Å². The van der Waals surface area contributed by atoms with E-state index in [-0.39, 0.29) is 17.7 Å². The van der Waals surface area contributed by atoms with Crippen LogP contribution >= 0.6 is 11.8 Å². The van der Waals surface area contributed by atoms with Gasteiger partial charge in [-0.05, 0) is 31.9 Å². The molecule has 1 saturated heterocycles. The van der Waals surface area contributed by atoms with Crippen LogP contribution in [0.1, 0.15) is 55.0 Å². The molecule has 0 unspecified atom stereocenters. The highest BCUT2D eigenvalue weighted by molar-refractivity contribution is 8.00. The van der Waals surface area contributed by atoms with Crippen molar-refractivity contribution in [3.8, 4) is 11.3 Å². The molecular weight excluding hydrogens is 553 g/mol. The predicted molar refractivity (Wildman–Crippen MR) is 136 cm³/mol. The highest BCUT2D eigenvalue weighted by Gasteiger charge is 2.53. The maximum atomic E-state index is 13.9. The number of aryl methyl sites for hydroxylation is 1. The van der Waals surface area contributed by atoms with Gasteiger partial charge in [-0.2, -0.15) is 0 Å². The highest BCUT2D eigenvalue weighted by atomic mass is 32.2. The van der Waals surface area contributed by atoms with E-state index in [1.807, 2.05) is 6.92 Å². The minimum absolute atomic E-state index is 0.0205. The molecule has 1 aliphatic heterocycles. The monoisotopic (exact) mass is 584 g/mol. The molecule has 5 atom stereocenters. The van der Waals surface area contributed by atoms with Gasteiger partial charge in [0.1, 0.15) is 29.2 Å². The van der Waals surface area contributed by atoms with Crippen molar-refractivity contribution in [1.29, 1.82) is 0 Å². The summed E-state index contributed by atoms with van der Waals surface area (Å²) in [6.07, 6.45) is 4.58. The average Bonchev–Trinajstić information content (AvgIpc) is 3.60. The predicted octanol–water partition coefficient (Wildman–Crippen LogP) is 3.60. The quantitative estimate of drug-likeness (QED) is 0.337. The molecule has 0 spiro atoms. The van der Waals surface area contributed by atoms with Crippen LogP contribution in [0.15, 0.2) is 29.1 Å². The van der Waals surface area contributed by atoms with Crippen LogP contribution in [0.3, 0.4) is 0 Å². The molecule has 0 bridgehead atoms. The second-order valence-electron chi connectivity index (χ2n) is 10.4. The third-order valence-corrected chi connectivity index (χ3v) is 9.40. The molecule has 3 heterocycles. The molecule has 10 nitrogen and oxygen atoms in total. The number of rotatable bonds is 8. The van der Waals surface area contributed by atoms with Gasteiger partial charge in [-0.15, -0.1) is 16.9 Å². The van der Waals surface area contributed by atoms with Gasteiger partial charge in [-0.3, -0.25) is 0 Å². The number of aromatic nitrogens is 4. The Morgan fingerprint density at radius 2 is 1.90 bits per heavy atom. The normalized spacial score (nSPS) is 27.6. The van der Waals surface area contributed by atoms with E-state index < -0.39 is 58.3 Å². The summed E-state index contributed by atoms with van der Waals surface area (Å²) in [5.74, 6) is -4.41. The molecule has 0 radical (unpaired) electrons. The number of methoxy groups -OCH3 is 1. The summed E-state index contributed by atoms with van der Waals surface area (Å²) in [6.45, 7) is 1.09. The smallest absolute Gasteiger partial charge is 0.212 e. The van der Waals surface area contributed by atoms with Crippen molar-refractivity contribution in [1.82, 2.24) is 20.2 Å². The fraction of sp³-hybridized carbons (Fsp3) is 0.577. The fourth-order valence-electron chi connectivity index (χ4n) is 5.45. The van der Waals surface area contributed by atoms with Gasteiger partial charge in [0.2, 0.25) is 5.72 Å². The summed E-state index contributed by atoms with van der Waals surface area (Å²) in [7, 11) is 1.47. The number of hydrogen-bond donors (Lipinski definition) is 3. The lowest BCUT2D eigenvalue weighted by Gasteiger charge is -2.48. The first-order chi connectivity index (χ1) is 19.1. The number of nitrogens with zero attached hydrogens (tertiary/aromatic N) is 4. The van der Waals surface area contributed by atoms with Crippen LogP contribution in [0.25, 0.3) is 11.3 Å². The first kappa shape index (κ1) is 29.0. The number of aliphatic hydroxyl groups excluding tert-OH is 2. The number of ether oxygens (including phenoxy) is 2. The number of halogens is 3. The standard InChI is InChI=1S/C26H31F3N4O6S/c1-14-12-38-31-22(14)23(25(36)6-4-3-5-7-25)40-24-19(37-2)10-20(35)26(13-34,39-24)33-11-18(30-32-33)15-8-16(27)21(29)17(28)9-15/h8-9,11-12,19-20,23-24,34-36H,3-7,10,13H2,1-2H3/t19-,20-,23-,24+,26-/m1/s1. The van der Waals surface area contributed by atoms with Crippen molar-refractivity contribution in [2.75, 3.05) is 13.7 Å². The van der Waals surface area contributed by atoms with Crippen molar-refractivity contribution in [3.05, 3.63) is 53.3 Å². The highest BCUT2D eigenvalue weighted by Crippen LogP contribution is 2.51. The Morgan fingerprint density at radius 3 is 2.50 bits per heavy atom. The molecule has 1 aliphatic carbocycles. The Bertz CT molecular complexity index is 1310. The lowest BCUT2D eigenvalue weighted by molar-refractivity contribution is -0.265. The Balaban J connectivity index is 1.49. The van der Waals surface area contributed by atoms with Crippen LogP contribution in [-0.4, -0.2) is 72.4 Å². The maximum absolute atomic E-state index is 13.9. The lowest BCUT2D eigenvalue weighted by Crippen LogP contribution is -2.59. The second-order valence-corrected chi connectivity index (χ2v) is 11.6. The molecule has 40 heavy (non-hydrogen) atoms. The van der Waals surface area contributed by atoms with E-state index in [2.05, 4.69) is 15.5 Å². The number of benzene rings is 1. The SMILES string of the molecule is CO[C@@H]1C[C@@H](O)[C@](CO)(n2cc(-c3cc(F)c(F)c(F)c3)nn2)O[C@H]1S[C@H](c1nocc1C)C1(O)CCCCC1. The molecule has 1 aromatic carbocycles. The van der Waals surface area contributed by atoms with Crippen LogP contribution in [0.4, 0.5) is 13.2 Å². The Labute approximate surface area is 232 Å². The number of thioether (sulfide) groups is 1. The third-order valence-electron chi connectivity index (χ3n) is 7.80. The molecule has 218 valence electrons. The van der Waals surface area contributed by atoms with Crippen molar-refractivity contribution < 1.29 is 42.5 Å². The van der Waals surface area contributed by atoms with Crippen LogP contribution in [0.2, 0.25) is 0 Å². The molecule has 2 aliphatic rings. The Kier molecular flexibility index (Phi) is 8.28. The van der Waals surface area contributed by atoms with Crippen LogP contribution < -0.4 is 0 Å². The minimum atomic E-state index is -1.85. The molecule has 5 rings (SSSR count). The first-order valence-corrected chi connectivity index (χ1v) is 13.9. The Morgan fingerprint density at radius 1 is 1.20 bits per heavy atom. The molecule has 14 heteroatoms. The average molecular weight is 585 g/mol. The van der Waals surface area contributed by atoms with Crippen molar-refractivity contribution >= 4 is 11.8 Å². The lowest BCUT2D eigenvalue weighted by atomic mass is 9.81. The van der Waals surface area contributed by atoms with Crippen LogP contribution in [-0.2, 0) is 15.2 Å². The van der Waals surface area contributed by atoms with E-state index in [0.717, 1.165) is 41.6 Å². The van der Waals surface area contributed by atoms with Crippen LogP contribution in [0.5, 0.6) is 0 Å². The molecule has 0 amide bonds. The third kappa shape index (κ3) is 5.16. The second kappa shape index (κ2) is 11.4. The van der Waals surface area contributed by atoms with E-state index in [9.17, 15) is 28.5 Å². The Hall–Kier alpha value is -2.49. The molecule has 1 saturated carbocycles. The number of aliphatic hydroxyl groups is 3. The minimum Gasteiger partial charge on any atom is -0.391 e. The summed E-state index contributed by atoms with van der Waals surface area (Å²) >= 11 is 1.25.